The van der Waals surface area contributed by atoms with E-state index in [-0.39, 0.29) is 33.8 Å². The zero-order valence-corrected chi connectivity index (χ0v) is 21.3. The van der Waals surface area contributed by atoms with Gasteiger partial charge in [0.05, 0.1) is 5.02 Å². The molecule has 0 saturated carbocycles. The average molecular weight is 542 g/mol. The molecule has 0 aromatic heterocycles. The minimum absolute atomic E-state index is 0.0146. The summed E-state index contributed by atoms with van der Waals surface area (Å²) in [5.74, 6) is -2.08. The van der Waals surface area contributed by atoms with Gasteiger partial charge in [0.1, 0.15) is 11.4 Å². The number of carboxylic acids is 1. The van der Waals surface area contributed by atoms with Crippen LogP contribution in [0.3, 0.4) is 0 Å². The third-order valence-corrected chi connectivity index (χ3v) is 8.44. The molecular weight excluding hydrogens is 518 g/mol. The fourth-order valence-electron chi connectivity index (χ4n) is 5.39. The van der Waals surface area contributed by atoms with Crippen LogP contribution in [0.15, 0.2) is 76.0 Å². The molecule has 0 radical (unpaired) electrons. The van der Waals surface area contributed by atoms with Crippen LogP contribution in [-0.4, -0.2) is 42.5 Å². The van der Waals surface area contributed by atoms with Crippen LogP contribution in [0, 0.1) is 0 Å². The second kappa shape index (κ2) is 9.79. The predicted molar refractivity (Wildman–Crippen MR) is 135 cm³/mol. The first kappa shape index (κ1) is 25.2. The van der Waals surface area contributed by atoms with Gasteiger partial charge in [0.2, 0.25) is 0 Å². The van der Waals surface area contributed by atoms with E-state index in [1.807, 2.05) is 0 Å². The molecule has 5 rings (SSSR count). The quantitative estimate of drug-likeness (QED) is 0.527. The maximum Gasteiger partial charge on any atom is 0.339 e. The molecule has 1 heterocycles. The molecular formula is C27H24ClNO7S. The van der Waals surface area contributed by atoms with Crippen molar-refractivity contribution in [3.8, 4) is 5.75 Å². The van der Waals surface area contributed by atoms with Crippen molar-refractivity contribution in [2.75, 3.05) is 6.54 Å². The molecule has 8 nitrogen and oxygen atoms in total. The lowest BCUT2D eigenvalue weighted by Gasteiger charge is -2.43. The molecule has 1 aliphatic heterocycles. The Kier molecular flexibility index (Phi) is 6.68. The highest BCUT2D eigenvalue weighted by atomic mass is 35.5. The number of hydrogen-bond donors (Lipinski definition) is 1. The van der Waals surface area contributed by atoms with E-state index in [1.165, 1.54) is 24.3 Å². The summed E-state index contributed by atoms with van der Waals surface area (Å²) in [6, 6.07) is 12.2. The lowest BCUT2D eigenvalue weighted by molar-refractivity contribution is -0.138. The van der Waals surface area contributed by atoms with E-state index in [9.17, 15) is 27.9 Å². The Labute approximate surface area is 219 Å². The van der Waals surface area contributed by atoms with Crippen molar-refractivity contribution in [2.24, 2.45) is 0 Å². The average Bonchev–Trinajstić information content (AvgIpc) is 2.86. The van der Waals surface area contributed by atoms with E-state index in [2.05, 4.69) is 0 Å². The van der Waals surface area contributed by atoms with Crippen LogP contribution in [0.1, 0.15) is 50.0 Å². The van der Waals surface area contributed by atoms with E-state index < -0.39 is 22.0 Å². The molecule has 3 aliphatic rings. The first-order valence-electron chi connectivity index (χ1n) is 12.0. The van der Waals surface area contributed by atoms with Gasteiger partial charge in [-0.25, -0.2) is 0 Å². The Morgan fingerprint density at radius 1 is 0.946 bits per heavy atom. The topological polar surface area (TPSA) is 118 Å². The monoisotopic (exact) mass is 541 g/mol. The highest BCUT2D eigenvalue weighted by Gasteiger charge is 2.43. The zero-order chi connectivity index (χ0) is 26.3. The number of carbonyl (C=O) groups is 3. The lowest BCUT2D eigenvalue weighted by atomic mass is 9.71. The summed E-state index contributed by atoms with van der Waals surface area (Å²) >= 11 is 6.48. The third-order valence-electron chi connectivity index (χ3n) is 6.90. The molecule has 10 heteroatoms. The van der Waals surface area contributed by atoms with E-state index in [1.54, 1.807) is 29.2 Å². The Balaban J connectivity index is 1.60. The molecule has 0 saturated heterocycles. The van der Waals surface area contributed by atoms with Gasteiger partial charge in [0, 0.05) is 41.3 Å². The number of allylic oxidation sites excluding steroid dienone is 4. The second-order valence-corrected chi connectivity index (χ2v) is 11.2. The van der Waals surface area contributed by atoms with Crippen molar-refractivity contribution in [1.29, 1.82) is 0 Å². The van der Waals surface area contributed by atoms with Crippen LogP contribution < -0.4 is 4.18 Å². The highest BCUT2D eigenvalue weighted by Crippen LogP contribution is 2.49. The fraction of sp³-hybridized carbons (Fsp3) is 0.296. The van der Waals surface area contributed by atoms with Crippen molar-refractivity contribution < 1.29 is 32.1 Å². The normalized spacial score (nSPS) is 18.6. The van der Waals surface area contributed by atoms with Crippen molar-refractivity contribution in [1.82, 2.24) is 4.90 Å². The number of hydrogen-bond acceptors (Lipinski definition) is 7. The molecule has 0 unspecified atom stereocenters. The smallest absolute Gasteiger partial charge is 0.339 e. The number of Topliss-reactive ketones (excluding diaryl/α,β-unsaturated/α-hetero) is 2. The molecule has 37 heavy (non-hydrogen) atoms. The molecule has 2 aromatic carbocycles. The van der Waals surface area contributed by atoms with Crippen LogP contribution in [0.4, 0.5) is 0 Å². The molecule has 0 fully saturated rings. The summed E-state index contributed by atoms with van der Waals surface area (Å²) in [4.78, 5) is 39.7. The van der Waals surface area contributed by atoms with Crippen LogP contribution in [0.25, 0.3) is 0 Å². The first-order chi connectivity index (χ1) is 17.7. The van der Waals surface area contributed by atoms with Crippen molar-refractivity contribution in [2.45, 2.75) is 49.3 Å². The number of halogens is 1. The van der Waals surface area contributed by atoms with Gasteiger partial charge in [-0.1, -0.05) is 35.9 Å². The number of rotatable bonds is 6. The Morgan fingerprint density at radius 2 is 1.54 bits per heavy atom. The Morgan fingerprint density at radius 3 is 2.08 bits per heavy atom. The Bertz CT molecular complexity index is 1430. The summed E-state index contributed by atoms with van der Waals surface area (Å²) in [6.07, 6.45) is 2.86. The minimum atomic E-state index is -4.12. The van der Waals surface area contributed by atoms with E-state index in [0.29, 0.717) is 66.6 Å². The molecule has 0 atom stereocenters. The van der Waals surface area contributed by atoms with Crippen molar-refractivity contribution in [3.63, 3.8) is 0 Å². The van der Waals surface area contributed by atoms with Gasteiger partial charge in [0.25, 0.3) is 0 Å². The number of nitrogens with zero attached hydrogens (tertiary/aromatic N) is 1. The summed E-state index contributed by atoms with van der Waals surface area (Å²) in [5.41, 5.74) is 2.67. The second-order valence-electron chi connectivity index (χ2n) is 9.23. The summed E-state index contributed by atoms with van der Waals surface area (Å²) in [5, 5.41) is 9.58. The molecule has 2 aromatic rings. The maximum absolute atomic E-state index is 13.2. The summed E-state index contributed by atoms with van der Waals surface area (Å²) in [6.45, 7) is -0.324. The molecule has 192 valence electrons. The molecule has 0 spiro atoms. The van der Waals surface area contributed by atoms with Gasteiger partial charge in [0.15, 0.2) is 17.3 Å². The molecule has 0 bridgehead atoms. The van der Waals surface area contributed by atoms with Gasteiger partial charge >= 0.3 is 16.1 Å². The standard InChI is InChI=1S/C27H24ClNO7S/c28-18-14-16(12-13-23(18)36-37(34,35)17-6-2-1-3-7-17)25-26-19(8-4-10-21(26)30)29(15-24(32)33)20-9-5-11-22(31)27(20)25/h1-3,6-7,12-14,25H,4-5,8-11,15H2,(H,32,33). The molecule has 1 N–H and O–H groups in total. The number of carbonyl (C=O) groups excluding carboxylic acids is 2. The van der Waals surface area contributed by atoms with Crippen LogP contribution in [0.5, 0.6) is 5.75 Å². The predicted octanol–water partition coefficient (Wildman–Crippen LogP) is 4.61. The largest absolute Gasteiger partial charge is 0.480 e. The maximum atomic E-state index is 13.2. The van der Waals surface area contributed by atoms with Crippen LogP contribution in [-0.2, 0) is 24.5 Å². The molecule has 2 aliphatic carbocycles. The molecule has 0 amide bonds. The van der Waals surface area contributed by atoms with Gasteiger partial charge in [-0.3, -0.25) is 14.4 Å². The van der Waals surface area contributed by atoms with Crippen molar-refractivity contribution >= 4 is 39.3 Å². The van der Waals surface area contributed by atoms with Gasteiger partial charge in [-0.15, -0.1) is 0 Å². The van der Waals surface area contributed by atoms with Crippen LogP contribution in [0.2, 0.25) is 5.02 Å². The SMILES string of the molecule is O=C(O)CN1C2=C(C(=O)CCC2)C(c2ccc(OS(=O)(=O)c3ccccc3)c(Cl)c2)C2=C1CCCC2=O. The number of benzene rings is 2. The number of ketones is 2. The summed E-state index contributed by atoms with van der Waals surface area (Å²) < 4.78 is 30.7. The Hall–Kier alpha value is -3.43. The van der Waals surface area contributed by atoms with E-state index in [4.69, 9.17) is 15.8 Å². The van der Waals surface area contributed by atoms with E-state index >= 15 is 0 Å². The van der Waals surface area contributed by atoms with Crippen LogP contribution >= 0.6 is 11.6 Å². The van der Waals surface area contributed by atoms with Gasteiger partial charge in [-0.2, -0.15) is 8.42 Å². The first-order valence-corrected chi connectivity index (χ1v) is 13.8. The fourth-order valence-corrected chi connectivity index (χ4v) is 6.64. The minimum Gasteiger partial charge on any atom is -0.480 e. The lowest BCUT2D eigenvalue weighted by Crippen LogP contribution is -2.41. The highest BCUT2D eigenvalue weighted by molar-refractivity contribution is 7.87. The third kappa shape index (κ3) is 4.69. The number of carboxylic acid groups (broad SMARTS) is 1. The van der Waals surface area contributed by atoms with Gasteiger partial charge in [-0.05, 0) is 55.5 Å². The van der Waals surface area contributed by atoms with Crippen molar-refractivity contribution in [3.05, 3.63) is 81.7 Å². The number of aliphatic carboxylic acids is 1. The summed E-state index contributed by atoms with van der Waals surface area (Å²) in [7, 11) is -4.12. The van der Waals surface area contributed by atoms with Gasteiger partial charge < -0.3 is 14.2 Å². The zero-order valence-electron chi connectivity index (χ0n) is 19.8. The van der Waals surface area contributed by atoms with E-state index in [0.717, 1.165) is 0 Å².